The van der Waals surface area contributed by atoms with Gasteiger partial charge in [0.25, 0.3) is 0 Å². The zero-order valence-corrected chi connectivity index (χ0v) is 32.5. The standard InChI is InChI=1S/C53H30F3N5/c1-32-12-11-18-44(53(54,55)56)52(32)36-28-50(60-46-20-9-6-16-39(46)41-26-33(22-24-48(41)60)37-14-4-3-13-35(37)30-57)43(31-58)51(29-36)61-47-21-10-7-17-40(47)42-27-34(23-25-49(42)61)38-15-5-8-19-45(38)59-2/h3-29H,1H3. The molecular formula is C53H30F3N5. The Morgan fingerprint density at radius 1 is 0.525 bits per heavy atom. The lowest BCUT2D eigenvalue weighted by Gasteiger charge is -2.21. The van der Waals surface area contributed by atoms with Crippen LogP contribution in [0.5, 0.6) is 0 Å². The Labute approximate surface area is 348 Å². The van der Waals surface area contributed by atoms with Crippen molar-refractivity contribution in [2.24, 2.45) is 0 Å². The molecule has 0 aliphatic carbocycles. The van der Waals surface area contributed by atoms with Crippen LogP contribution in [0.2, 0.25) is 0 Å². The molecule has 61 heavy (non-hydrogen) atoms. The normalized spacial score (nSPS) is 11.6. The highest BCUT2D eigenvalue weighted by Crippen LogP contribution is 2.45. The fraction of sp³-hybridized carbons (Fsp3) is 0.0377. The fourth-order valence-electron chi connectivity index (χ4n) is 8.96. The first-order valence-electron chi connectivity index (χ1n) is 19.5. The highest BCUT2D eigenvalue weighted by Gasteiger charge is 2.35. The minimum absolute atomic E-state index is 0.0250. The fourth-order valence-corrected chi connectivity index (χ4v) is 8.96. The third-order valence-corrected chi connectivity index (χ3v) is 11.6. The van der Waals surface area contributed by atoms with Gasteiger partial charge >= 0.3 is 6.18 Å². The number of halogens is 3. The predicted octanol–water partition coefficient (Wildman–Crippen LogP) is 14.5. The summed E-state index contributed by atoms with van der Waals surface area (Å²) in [6.07, 6.45) is -4.66. The summed E-state index contributed by atoms with van der Waals surface area (Å²) in [5.74, 6) is 0. The molecule has 0 atom stereocenters. The van der Waals surface area contributed by atoms with Gasteiger partial charge in [0, 0.05) is 21.5 Å². The Hall–Kier alpha value is -8.38. The first kappa shape index (κ1) is 36.9. The first-order valence-corrected chi connectivity index (χ1v) is 19.5. The van der Waals surface area contributed by atoms with Crippen LogP contribution in [0.3, 0.4) is 0 Å². The molecule has 0 aliphatic rings. The van der Waals surface area contributed by atoms with Crippen molar-refractivity contribution in [3.63, 3.8) is 0 Å². The van der Waals surface area contributed by atoms with Crippen LogP contribution in [0.15, 0.2) is 164 Å². The van der Waals surface area contributed by atoms with Crippen LogP contribution in [0.4, 0.5) is 18.9 Å². The van der Waals surface area contributed by atoms with Gasteiger partial charge in [0.1, 0.15) is 11.6 Å². The Bertz CT molecular complexity index is 3390. The highest BCUT2D eigenvalue weighted by molar-refractivity contribution is 6.13. The minimum Gasteiger partial charge on any atom is -0.308 e. The second kappa shape index (κ2) is 14.2. The quantitative estimate of drug-likeness (QED) is 0.163. The molecular weight excluding hydrogens is 764 g/mol. The van der Waals surface area contributed by atoms with Crippen molar-refractivity contribution in [2.45, 2.75) is 13.1 Å². The molecule has 0 amide bonds. The van der Waals surface area contributed by atoms with Crippen LogP contribution in [0.25, 0.3) is 93.2 Å². The number of rotatable bonds is 5. The van der Waals surface area contributed by atoms with Gasteiger partial charge in [-0.15, -0.1) is 0 Å². The van der Waals surface area contributed by atoms with Gasteiger partial charge in [-0.25, -0.2) is 4.85 Å². The number of aromatic nitrogens is 2. The van der Waals surface area contributed by atoms with Crippen molar-refractivity contribution >= 4 is 49.3 Å². The number of alkyl halides is 3. The van der Waals surface area contributed by atoms with Gasteiger partial charge in [-0.05, 0) is 107 Å². The molecule has 8 heteroatoms. The first-order chi connectivity index (χ1) is 29.7. The average Bonchev–Trinajstić information content (AvgIpc) is 3.80. The van der Waals surface area contributed by atoms with Gasteiger partial charge < -0.3 is 9.13 Å². The van der Waals surface area contributed by atoms with Crippen molar-refractivity contribution < 1.29 is 13.2 Å². The van der Waals surface area contributed by atoms with Gasteiger partial charge in [-0.2, -0.15) is 23.7 Å². The summed E-state index contributed by atoms with van der Waals surface area (Å²) in [5.41, 5.74) is 8.35. The van der Waals surface area contributed by atoms with Crippen LogP contribution in [-0.2, 0) is 6.18 Å². The second-order valence-electron chi connectivity index (χ2n) is 15.0. The zero-order valence-electron chi connectivity index (χ0n) is 32.5. The van der Waals surface area contributed by atoms with E-state index in [0.29, 0.717) is 33.8 Å². The maximum atomic E-state index is 15.0. The molecule has 0 radical (unpaired) electrons. The number of aryl methyl sites for hydroxylation is 1. The van der Waals surface area contributed by atoms with Gasteiger partial charge in [0.15, 0.2) is 5.69 Å². The van der Waals surface area contributed by atoms with Gasteiger partial charge in [0.05, 0.1) is 57.2 Å². The third kappa shape index (κ3) is 5.83. The van der Waals surface area contributed by atoms with E-state index in [0.717, 1.165) is 71.9 Å². The van der Waals surface area contributed by atoms with Gasteiger partial charge in [-0.1, -0.05) is 103 Å². The molecule has 0 bridgehead atoms. The number of hydrogen-bond acceptors (Lipinski definition) is 2. The summed E-state index contributed by atoms with van der Waals surface area (Å²) < 4.78 is 48.9. The monoisotopic (exact) mass is 793 g/mol. The SMILES string of the molecule is [C-]#[N+]c1ccccc1-c1ccc2c(c1)c1ccccc1n2-c1cc(-c2c(C)cccc2C(F)(F)F)cc(-n2c3ccccc3c3cc(-c4ccccc4C#N)ccc32)c1C#N. The summed E-state index contributed by atoms with van der Waals surface area (Å²) in [7, 11) is 0. The predicted molar refractivity (Wildman–Crippen MR) is 237 cm³/mol. The Morgan fingerprint density at radius 3 is 1.62 bits per heavy atom. The molecule has 5 nitrogen and oxygen atoms in total. The van der Waals surface area contributed by atoms with Crippen molar-refractivity contribution in [1.82, 2.24) is 9.13 Å². The molecule has 0 N–H and O–H groups in total. The van der Waals surface area contributed by atoms with E-state index in [1.807, 2.05) is 130 Å². The van der Waals surface area contributed by atoms with E-state index in [-0.39, 0.29) is 11.1 Å². The van der Waals surface area contributed by atoms with E-state index >= 15 is 13.2 Å². The Morgan fingerprint density at radius 2 is 1.05 bits per heavy atom. The Balaban J connectivity index is 1.33. The van der Waals surface area contributed by atoms with Crippen molar-refractivity contribution in [2.75, 3.05) is 0 Å². The lowest BCUT2D eigenvalue weighted by Crippen LogP contribution is -2.10. The molecule has 0 spiro atoms. The van der Waals surface area contributed by atoms with E-state index in [9.17, 15) is 10.5 Å². The lowest BCUT2D eigenvalue weighted by molar-refractivity contribution is -0.137. The molecule has 2 heterocycles. The number of benzene rings is 8. The van der Waals surface area contributed by atoms with Crippen LogP contribution in [0.1, 0.15) is 22.3 Å². The highest BCUT2D eigenvalue weighted by atomic mass is 19.4. The molecule has 0 aliphatic heterocycles. The zero-order chi connectivity index (χ0) is 42.0. The summed E-state index contributed by atoms with van der Waals surface area (Å²) in [5, 5.41) is 24.8. The van der Waals surface area contributed by atoms with E-state index in [1.54, 1.807) is 37.3 Å². The molecule has 0 unspecified atom stereocenters. The summed E-state index contributed by atoms with van der Waals surface area (Å²) in [4.78, 5) is 3.75. The largest absolute Gasteiger partial charge is 0.417 e. The van der Waals surface area contributed by atoms with E-state index in [4.69, 9.17) is 6.57 Å². The molecule has 0 fully saturated rings. The minimum atomic E-state index is -4.66. The maximum absolute atomic E-state index is 15.0. The van der Waals surface area contributed by atoms with Crippen LogP contribution < -0.4 is 0 Å². The van der Waals surface area contributed by atoms with E-state index in [1.165, 1.54) is 6.07 Å². The third-order valence-electron chi connectivity index (χ3n) is 11.6. The molecule has 0 saturated carbocycles. The topological polar surface area (TPSA) is 61.8 Å². The molecule has 2 aromatic heterocycles. The van der Waals surface area contributed by atoms with Crippen molar-refractivity contribution in [3.8, 4) is 56.9 Å². The second-order valence-corrected chi connectivity index (χ2v) is 15.0. The number of para-hydroxylation sites is 3. The molecule has 10 rings (SSSR count). The molecule has 288 valence electrons. The smallest absolute Gasteiger partial charge is 0.308 e. The summed E-state index contributed by atoms with van der Waals surface area (Å²) in [6, 6.07) is 54.6. The number of hydrogen-bond donors (Lipinski definition) is 0. The summed E-state index contributed by atoms with van der Waals surface area (Å²) in [6.45, 7) is 9.47. The van der Waals surface area contributed by atoms with Crippen LogP contribution in [-0.4, -0.2) is 9.13 Å². The van der Waals surface area contributed by atoms with Crippen molar-refractivity contribution in [3.05, 3.63) is 197 Å². The van der Waals surface area contributed by atoms with E-state index in [2.05, 4.69) is 17.0 Å². The molecule has 8 aromatic carbocycles. The van der Waals surface area contributed by atoms with Crippen LogP contribution in [0, 0.1) is 36.2 Å². The number of fused-ring (bicyclic) bond motifs is 6. The number of nitrogens with zero attached hydrogens (tertiary/aromatic N) is 5. The van der Waals surface area contributed by atoms with Gasteiger partial charge in [-0.3, -0.25) is 0 Å². The summed E-state index contributed by atoms with van der Waals surface area (Å²) >= 11 is 0. The average molecular weight is 794 g/mol. The Kier molecular flexibility index (Phi) is 8.58. The van der Waals surface area contributed by atoms with Crippen molar-refractivity contribution in [1.29, 1.82) is 10.5 Å². The molecule has 0 saturated heterocycles. The number of nitriles is 2. The van der Waals surface area contributed by atoms with E-state index < -0.39 is 11.7 Å². The lowest BCUT2D eigenvalue weighted by atomic mass is 9.92. The van der Waals surface area contributed by atoms with Gasteiger partial charge in [0.2, 0.25) is 0 Å². The van der Waals surface area contributed by atoms with Crippen LogP contribution >= 0.6 is 0 Å². The maximum Gasteiger partial charge on any atom is 0.417 e. The molecule has 10 aromatic rings.